The van der Waals surface area contributed by atoms with E-state index in [0.717, 1.165) is 0 Å². The Bertz CT molecular complexity index is 593. The lowest BCUT2D eigenvalue weighted by molar-refractivity contribution is -0.140. The lowest BCUT2D eigenvalue weighted by Gasteiger charge is -2.09. The summed E-state index contributed by atoms with van der Waals surface area (Å²) in [5.41, 5.74) is 5.78. The maximum Gasteiger partial charge on any atom is 0.306 e. The third-order valence-corrected chi connectivity index (χ3v) is 3.72. The van der Waals surface area contributed by atoms with Crippen LogP contribution in [0.1, 0.15) is 12.0 Å². The molecule has 10 heteroatoms. The number of aryl methyl sites for hydroxylation is 1. The first kappa shape index (κ1) is 15.4. The summed E-state index contributed by atoms with van der Waals surface area (Å²) in [6, 6.07) is 0. The summed E-state index contributed by atoms with van der Waals surface area (Å²) < 4.78 is 31.6. The molecule has 0 aliphatic heterocycles. The first-order valence-corrected chi connectivity index (χ1v) is 7.22. The van der Waals surface area contributed by atoms with Crippen molar-refractivity contribution in [2.75, 3.05) is 17.6 Å². The van der Waals surface area contributed by atoms with Gasteiger partial charge >= 0.3 is 5.97 Å². The van der Waals surface area contributed by atoms with Gasteiger partial charge in [0.1, 0.15) is 10.8 Å². The molecule has 0 aromatic carbocycles. The Morgan fingerprint density at radius 1 is 1.63 bits per heavy atom. The molecule has 1 heterocycles. The van der Waals surface area contributed by atoms with Crippen LogP contribution >= 0.6 is 12.2 Å². The predicted molar refractivity (Wildman–Crippen MR) is 73.1 cm³/mol. The third kappa shape index (κ3) is 4.17. The van der Waals surface area contributed by atoms with Crippen molar-refractivity contribution in [3.8, 4) is 0 Å². The van der Waals surface area contributed by atoms with Crippen LogP contribution in [0, 0.1) is 0 Å². The summed E-state index contributed by atoms with van der Waals surface area (Å²) in [7, 11) is -0.985. The van der Waals surface area contributed by atoms with Gasteiger partial charge in [-0.25, -0.2) is 8.42 Å². The number of rotatable bonds is 6. The molecule has 8 nitrogen and oxygen atoms in total. The van der Waals surface area contributed by atoms with Gasteiger partial charge in [-0.15, -0.1) is 0 Å². The highest BCUT2D eigenvalue weighted by atomic mass is 32.2. The zero-order valence-electron chi connectivity index (χ0n) is 10.4. The Labute approximate surface area is 116 Å². The zero-order chi connectivity index (χ0) is 14.6. The van der Waals surface area contributed by atoms with Crippen LogP contribution in [0.2, 0.25) is 0 Å². The first-order chi connectivity index (χ1) is 8.76. The number of nitrogens with zero attached hydrogens (tertiary/aromatic N) is 2. The number of carbonyl (C=O) groups excluding carboxylic acids is 1. The average Bonchev–Trinajstić information content (AvgIpc) is 2.67. The SMILES string of the molecule is COC(=O)CCS(=O)(=O)Nc1c(C(N)=S)cnn1C. The maximum absolute atomic E-state index is 11.8. The monoisotopic (exact) mass is 306 g/mol. The summed E-state index contributed by atoms with van der Waals surface area (Å²) in [4.78, 5) is 11.0. The molecule has 19 heavy (non-hydrogen) atoms. The molecule has 106 valence electrons. The molecular weight excluding hydrogens is 292 g/mol. The summed E-state index contributed by atoms with van der Waals surface area (Å²) in [5.74, 6) is -0.843. The molecule has 1 aromatic rings. The minimum atomic E-state index is -3.72. The van der Waals surface area contributed by atoms with E-state index in [2.05, 4.69) is 14.6 Å². The first-order valence-electron chi connectivity index (χ1n) is 5.16. The number of ether oxygens (including phenoxy) is 1. The summed E-state index contributed by atoms with van der Waals surface area (Å²) >= 11 is 4.79. The number of methoxy groups -OCH3 is 1. The lowest BCUT2D eigenvalue weighted by atomic mass is 10.3. The van der Waals surface area contributed by atoms with Gasteiger partial charge in [0, 0.05) is 7.05 Å². The van der Waals surface area contributed by atoms with E-state index >= 15 is 0 Å². The van der Waals surface area contributed by atoms with Crippen LogP contribution in [0.3, 0.4) is 0 Å². The maximum atomic E-state index is 11.8. The highest BCUT2D eigenvalue weighted by molar-refractivity contribution is 7.92. The highest BCUT2D eigenvalue weighted by Crippen LogP contribution is 2.15. The van der Waals surface area contributed by atoms with Crippen molar-refractivity contribution in [2.45, 2.75) is 6.42 Å². The average molecular weight is 306 g/mol. The van der Waals surface area contributed by atoms with Gasteiger partial charge < -0.3 is 10.5 Å². The van der Waals surface area contributed by atoms with Crippen LogP contribution in [0.25, 0.3) is 0 Å². The Morgan fingerprint density at radius 3 is 2.79 bits per heavy atom. The predicted octanol–water partition coefficient (Wildman–Crippen LogP) is -0.641. The van der Waals surface area contributed by atoms with Crippen LogP contribution in [0.5, 0.6) is 0 Å². The number of nitrogens with one attached hydrogen (secondary N) is 1. The topological polar surface area (TPSA) is 116 Å². The van der Waals surface area contributed by atoms with Gasteiger partial charge in [-0.2, -0.15) is 5.10 Å². The molecular formula is C9H14N4O4S2. The number of hydrogen-bond donors (Lipinski definition) is 2. The molecule has 0 atom stereocenters. The molecule has 0 saturated carbocycles. The quantitative estimate of drug-likeness (QED) is 0.530. The van der Waals surface area contributed by atoms with Crippen molar-refractivity contribution in [2.24, 2.45) is 12.8 Å². The van der Waals surface area contributed by atoms with Gasteiger partial charge in [-0.1, -0.05) is 12.2 Å². The molecule has 0 amide bonds. The molecule has 3 N–H and O–H groups in total. The molecule has 0 radical (unpaired) electrons. The van der Waals surface area contributed by atoms with Gasteiger partial charge in [0.25, 0.3) is 0 Å². The molecule has 0 bridgehead atoms. The van der Waals surface area contributed by atoms with Crippen molar-refractivity contribution in [1.82, 2.24) is 9.78 Å². The van der Waals surface area contributed by atoms with E-state index in [9.17, 15) is 13.2 Å². The van der Waals surface area contributed by atoms with E-state index in [1.54, 1.807) is 7.05 Å². The second-order valence-corrected chi connectivity index (χ2v) is 5.92. The molecule has 1 aromatic heterocycles. The number of thiocarbonyl (C=S) groups is 1. The summed E-state index contributed by atoms with van der Waals surface area (Å²) in [6.45, 7) is 0. The summed E-state index contributed by atoms with van der Waals surface area (Å²) in [6.07, 6.45) is 1.12. The van der Waals surface area contributed by atoms with E-state index in [-0.39, 0.29) is 17.2 Å². The zero-order valence-corrected chi connectivity index (χ0v) is 12.0. The minimum Gasteiger partial charge on any atom is -0.469 e. The van der Waals surface area contributed by atoms with Crippen LogP contribution in [0.4, 0.5) is 5.82 Å². The largest absolute Gasteiger partial charge is 0.469 e. The molecule has 0 fully saturated rings. The van der Waals surface area contributed by atoms with Crippen molar-refractivity contribution >= 4 is 39.0 Å². The highest BCUT2D eigenvalue weighted by Gasteiger charge is 2.19. The fraction of sp³-hybridized carbons (Fsp3) is 0.444. The van der Waals surface area contributed by atoms with E-state index in [0.29, 0.717) is 5.56 Å². The number of anilines is 1. The van der Waals surface area contributed by atoms with Crippen LogP contribution in [-0.2, 0) is 26.6 Å². The number of nitrogens with two attached hydrogens (primary N) is 1. The fourth-order valence-corrected chi connectivity index (χ4v) is 2.48. The molecule has 0 aliphatic carbocycles. The minimum absolute atomic E-state index is 0.0266. The van der Waals surface area contributed by atoms with E-state index in [1.165, 1.54) is 18.0 Å². The second kappa shape index (κ2) is 5.97. The number of carbonyl (C=O) groups is 1. The van der Waals surface area contributed by atoms with E-state index < -0.39 is 21.7 Å². The van der Waals surface area contributed by atoms with Crippen LogP contribution in [-0.4, -0.2) is 42.0 Å². The molecule has 0 aliphatic rings. The number of aromatic nitrogens is 2. The van der Waals surface area contributed by atoms with E-state index in [1.807, 2.05) is 0 Å². The molecule has 0 spiro atoms. The van der Waals surface area contributed by atoms with E-state index in [4.69, 9.17) is 18.0 Å². The van der Waals surface area contributed by atoms with Crippen LogP contribution < -0.4 is 10.5 Å². The number of esters is 1. The van der Waals surface area contributed by atoms with Crippen molar-refractivity contribution in [3.05, 3.63) is 11.8 Å². The van der Waals surface area contributed by atoms with Gasteiger partial charge in [-0.05, 0) is 0 Å². The lowest BCUT2D eigenvalue weighted by Crippen LogP contribution is -2.23. The number of sulfonamides is 1. The Hall–Kier alpha value is -1.68. The Balaban J connectivity index is 2.87. The van der Waals surface area contributed by atoms with Gasteiger partial charge in [0.05, 0.1) is 31.0 Å². The van der Waals surface area contributed by atoms with Crippen LogP contribution in [0.15, 0.2) is 6.20 Å². The van der Waals surface area contributed by atoms with Gasteiger partial charge in [-0.3, -0.25) is 14.2 Å². The standard InChI is InChI=1S/C9H14N4O4S2/c1-13-9(6(5-11-13)8(10)18)12-19(15,16)4-3-7(14)17-2/h5,12H,3-4H2,1-2H3,(H2,10,18). The van der Waals surface area contributed by atoms with Gasteiger partial charge in [0.15, 0.2) is 0 Å². The van der Waals surface area contributed by atoms with Crippen molar-refractivity contribution < 1.29 is 17.9 Å². The fourth-order valence-electron chi connectivity index (χ4n) is 1.26. The smallest absolute Gasteiger partial charge is 0.306 e. The normalized spacial score (nSPS) is 11.1. The Morgan fingerprint density at radius 2 is 2.26 bits per heavy atom. The molecule has 0 saturated heterocycles. The second-order valence-electron chi connectivity index (χ2n) is 3.64. The summed E-state index contributed by atoms with van der Waals surface area (Å²) in [5, 5.41) is 3.86. The van der Waals surface area contributed by atoms with Gasteiger partial charge in [0.2, 0.25) is 10.0 Å². The Kier molecular flexibility index (Phi) is 4.84. The van der Waals surface area contributed by atoms with Crippen molar-refractivity contribution in [3.63, 3.8) is 0 Å². The van der Waals surface area contributed by atoms with Crippen molar-refractivity contribution in [1.29, 1.82) is 0 Å². The number of hydrogen-bond acceptors (Lipinski definition) is 6. The molecule has 1 rings (SSSR count). The third-order valence-electron chi connectivity index (χ3n) is 2.26. The molecule has 0 unspecified atom stereocenters.